The van der Waals surface area contributed by atoms with Crippen molar-refractivity contribution in [2.75, 3.05) is 12.4 Å². The lowest BCUT2D eigenvalue weighted by atomic mass is 10.2. The molecule has 2 heterocycles. The van der Waals surface area contributed by atoms with E-state index in [2.05, 4.69) is 58.1 Å². The van der Waals surface area contributed by atoms with Gasteiger partial charge in [0.2, 0.25) is 0 Å². The number of aryl methyl sites for hydroxylation is 1. The molecular weight excluding hydrogens is 312 g/mol. The van der Waals surface area contributed by atoms with E-state index in [4.69, 9.17) is 4.74 Å². The maximum atomic E-state index is 5.24. The molecule has 3 rings (SSSR count). The zero-order valence-corrected chi connectivity index (χ0v) is 15.4. The van der Waals surface area contributed by atoms with Crippen LogP contribution in [0.1, 0.15) is 38.1 Å². The van der Waals surface area contributed by atoms with Crippen LogP contribution in [0.15, 0.2) is 36.5 Å². The molecule has 0 aliphatic rings. The highest BCUT2D eigenvalue weighted by atomic mass is 16.5. The van der Waals surface area contributed by atoms with E-state index in [1.807, 2.05) is 19.1 Å². The van der Waals surface area contributed by atoms with Gasteiger partial charge in [-0.2, -0.15) is 0 Å². The molecule has 1 atom stereocenters. The molecule has 0 spiro atoms. The number of methoxy groups -OCH3 is 1. The molecule has 2 aromatic heterocycles. The van der Waals surface area contributed by atoms with Gasteiger partial charge in [0, 0.05) is 18.8 Å². The lowest BCUT2D eigenvalue weighted by Gasteiger charge is -2.16. The van der Waals surface area contributed by atoms with Gasteiger partial charge in [0.1, 0.15) is 17.1 Å². The van der Waals surface area contributed by atoms with Gasteiger partial charge >= 0.3 is 0 Å². The van der Waals surface area contributed by atoms with Crippen LogP contribution < -0.4 is 10.1 Å². The topological polar surface area (TPSA) is 52.0 Å². The second-order valence-corrected chi connectivity index (χ2v) is 6.48. The number of hydrogen-bond acceptors (Lipinski definition) is 4. The van der Waals surface area contributed by atoms with Crippen LogP contribution in [0.25, 0.3) is 11.0 Å². The molecule has 132 valence electrons. The molecule has 0 saturated heterocycles. The predicted molar refractivity (Wildman–Crippen MR) is 102 cm³/mol. The minimum atomic E-state index is 0.381. The molecule has 0 amide bonds. The van der Waals surface area contributed by atoms with E-state index >= 15 is 0 Å². The van der Waals surface area contributed by atoms with Crippen LogP contribution in [-0.2, 0) is 6.54 Å². The van der Waals surface area contributed by atoms with Crippen LogP contribution >= 0.6 is 0 Å². The van der Waals surface area contributed by atoms with Gasteiger partial charge in [-0.05, 0) is 44.0 Å². The highest BCUT2D eigenvalue weighted by molar-refractivity contribution is 5.86. The number of anilines is 1. The van der Waals surface area contributed by atoms with Crippen molar-refractivity contribution < 1.29 is 4.74 Å². The third kappa shape index (κ3) is 3.92. The van der Waals surface area contributed by atoms with E-state index in [0.29, 0.717) is 6.04 Å². The highest BCUT2D eigenvalue weighted by Crippen LogP contribution is 2.24. The van der Waals surface area contributed by atoms with Crippen LogP contribution in [0.4, 0.5) is 5.82 Å². The maximum Gasteiger partial charge on any atom is 0.154 e. The second kappa shape index (κ2) is 7.55. The molecule has 0 fully saturated rings. The molecule has 1 aromatic carbocycles. The fourth-order valence-corrected chi connectivity index (χ4v) is 3.12. The quantitative estimate of drug-likeness (QED) is 0.694. The molecule has 1 N–H and O–H groups in total. The number of nitrogens with zero attached hydrogens (tertiary/aromatic N) is 3. The summed E-state index contributed by atoms with van der Waals surface area (Å²) in [6, 6.07) is 10.6. The van der Waals surface area contributed by atoms with Crippen LogP contribution in [0.5, 0.6) is 5.75 Å². The number of nitrogens with one attached hydrogen (secondary N) is 1. The Morgan fingerprint density at radius 1 is 1.16 bits per heavy atom. The Labute approximate surface area is 149 Å². The normalized spacial score (nSPS) is 12.3. The van der Waals surface area contributed by atoms with E-state index in [1.54, 1.807) is 7.11 Å². The lowest BCUT2D eigenvalue weighted by molar-refractivity contribution is 0.414. The first-order valence-corrected chi connectivity index (χ1v) is 8.83. The Morgan fingerprint density at radius 2 is 1.92 bits per heavy atom. The summed E-state index contributed by atoms with van der Waals surface area (Å²) in [4.78, 5) is 9.25. The van der Waals surface area contributed by atoms with E-state index in [0.717, 1.165) is 47.8 Å². The van der Waals surface area contributed by atoms with Crippen molar-refractivity contribution >= 4 is 16.9 Å². The lowest BCUT2D eigenvalue weighted by Crippen LogP contribution is -2.17. The van der Waals surface area contributed by atoms with Gasteiger partial charge in [0.25, 0.3) is 0 Å². The zero-order chi connectivity index (χ0) is 17.8. The molecule has 5 heteroatoms. The van der Waals surface area contributed by atoms with E-state index in [9.17, 15) is 0 Å². The van der Waals surface area contributed by atoms with Gasteiger partial charge in [0.15, 0.2) is 5.82 Å². The summed E-state index contributed by atoms with van der Waals surface area (Å²) in [5.74, 6) is 2.58. The van der Waals surface area contributed by atoms with Crippen LogP contribution in [0, 0.1) is 6.92 Å². The van der Waals surface area contributed by atoms with Crippen molar-refractivity contribution in [2.24, 2.45) is 0 Å². The van der Waals surface area contributed by atoms with Gasteiger partial charge in [-0.3, -0.25) is 0 Å². The third-order valence-electron chi connectivity index (χ3n) is 4.34. The monoisotopic (exact) mass is 338 g/mol. The molecule has 25 heavy (non-hydrogen) atoms. The van der Waals surface area contributed by atoms with Crippen molar-refractivity contribution in [3.63, 3.8) is 0 Å². The number of hydrogen-bond donors (Lipinski definition) is 1. The van der Waals surface area contributed by atoms with Crippen LogP contribution in [0.2, 0.25) is 0 Å². The Bertz CT molecular complexity index is 839. The summed E-state index contributed by atoms with van der Waals surface area (Å²) >= 11 is 0. The highest BCUT2D eigenvalue weighted by Gasteiger charge is 2.13. The van der Waals surface area contributed by atoms with Crippen molar-refractivity contribution in [2.45, 2.75) is 46.2 Å². The van der Waals surface area contributed by atoms with E-state index < -0.39 is 0 Å². The van der Waals surface area contributed by atoms with Gasteiger partial charge in [0.05, 0.1) is 12.6 Å². The first kappa shape index (κ1) is 17.3. The molecule has 1 unspecified atom stereocenters. The maximum absolute atomic E-state index is 5.24. The molecule has 3 aromatic rings. The van der Waals surface area contributed by atoms with E-state index in [1.165, 1.54) is 5.56 Å². The third-order valence-corrected chi connectivity index (χ3v) is 4.34. The number of aromatic nitrogens is 3. The van der Waals surface area contributed by atoms with Crippen LogP contribution in [-0.4, -0.2) is 27.7 Å². The Morgan fingerprint density at radius 3 is 2.60 bits per heavy atom. The van der Waals surface area contributed by atoms with Gasteiger partial charge < -0.3 is 14.6 Å². The standard InChI is InChI=1S/C20H26N4O/c1-5-6-14(2)21-20-19-18(22-15(3)23-20)11-12-24(19)13-16-7-9-17(25-4)10-8-16/h7-12,14H,5-6,13H2,1-4H3,(H,21,22,23). The molecule has 0 saturated carbocycles. The number of fused-ring (bicyclic) bond motifs is 1. The molecule has 0 bridgehead atoms. The van der Waals surface area contributed by atoms with Crippen molar-refractivity contribution in [3.8, 4) is 5.75 Å². The average Bonchev–Trinajstić information content (AvgIpc) is 2.98. The molecule has 0 aliphatic carbocycles. The van der Waals surface area contributed by atoms with E-state index in [-0.39, 0.29) is 0 Å². The smallest absolute Gasteiger partial charge is 0.154 e. The molecular formula is C20H26N4O. The van der Waals surface area contributed by atoms with Crippen molar-refractivity contribution in [1.29, 1.82) is 0 Å². The first-order chi connectivity index (χ1) is 12.1. The summed E-state index contributed by atoms with van der Waals surface area (Å²) < 4.78 is 7.44. The summed E-state index contributed by atoms with van der Waals surface area (Å²) in [5.41, 5.74) is 3.25. The average molecular weight is 338 g/mol. The summed E-state index contributed by atoms with van der Waals surface area (Å²) in [6.07, 6.45) is 4.34. The minimum absolute atomic E-state index is 0.381. The first-order valence-electron chi connectivity index (χ1n) is 8.83. The number of rotatable bonds is 7. The fraction of sp³-hybridized carbons (Fsp3) is 0.400. The fourth-order valence-electron chi connectivity index (χ4n) is 3.12. The molecule has 5 nitrogen and oxygen atoms in total. The van der Waals surface area contributed by atoms with Gasteiger partial charge in [-0.15, -0.1) is 0 Å². The van der Waals surface area contributed by atoms with Crippen LogP contribution in [0.3, 0.4) is 0 Å². The minimum Gasteiger partial charge on any atom is -0.497 e. The molecule has 0 radical (unpaired) electrons. The van der Waals surface area contributed by atoms with Crippen molar-refractivity contribution in [1.82, 2.24) is 14.5 Å². The Hall–Kier alpha value is -2.56. The summed E-state index contributed by atoms with van der Waals surface area (Å²) in [5, 5.41) is 3.57. The predicted octanol–water partition coefficient (Wildman–Crippen LogP) is 4.40. The SMILES string of the molecule is CCCC(C)Nc1nc(C)nc2ccn(Cc3ccc(OC)cc3)c12. The largest absolute Gasteiger partial charge is 0.497 e. The zero-order valence-electron chi connectivity index (χ0n) is 15.4. The van der Waals surface area contributed by atoms with Crippen molar-refractivity contribution in [3.05, 3.63) is 47.9 Å². The summed E-state index contributed by atoms with van der Waals surface area (Å²) in [6.45, 7) is 7.11. The number of ether oxygens (including phenoxy) is 1. The second-order valence-electron chi connectivity index (χ2n) is 6.48. The Balaban J connectivity index is 1.94. The molecule has 0 aliphatic heterocycles. The number of benzene rings is 1. The summed E-state index contributed by atoms with van der Waals surface area (Å²) in [7, 11) is 1.68. The van der Waals surface area contributed by atoms with Gasteiger partial charge in [-0.25, -0.2) is 9.97 Å². The van der Waals surface area contributed by atoms with Gasteiger partial charge in [-0.1, -0.05) is 25.5 Å². The Kier molecular flexibility index (Phi) is 5.22.